The molecule has 5 nitrogen and oxygen atoms in total. The first-order valence-corrected chi connectivity index (χ1v) is 10.3. The number of aliphatic hydroxyl groups excluding tert-OH is 1. The van der Waals surface area contributed by atoms with Crippen LogP contribution >= 0.6 is 22.9 Å². The van der Waals surface area contributed by atoms with Crippen molar-refractivity contribution in [2.24, 2.45) is 0 Å². The van der Waals surface area contributed by atoms with E-state index in [1.54, 1.807) is 20.1 Å². The highest BCUT2D eigenvalue weighted by Crippen LogP contribution is 2.32. The Morgan fingerprint density at radius 3 is 2.66 bits per heavy atom. The summed E-state index contributed by atoms with van der Waals surface area (Å²) in [6.45, 7) is 1.73. The van der Waals surface area contributed by atoms with E-state index in [1.165, 1.54) is 22.2 Å². The van der Waals surface area contributed by atoms with Gasteiger partial charge in [-0.1, -0.05) is 29.8 Å². The van der Waals surface area contributed by atoms with Crippen LogP contribution in [0.4, 0.5) is 0 Å². The number of aliphatic hydroxyl groups is 1. The molecular formula is C22H19ClN2O3S. The van der Waals surface area contributed by atoms with Gasteiger partial charge in [0, 0.05) is 22.4 Å². The first-order valence-electron chi connectivity index (χ1n) is 9.09. The molecule has 0 saturated carbocycles. The van der Waals surface area contributed by atoms with Gasteiger partial charge in [0.15, 0.2) is 0 Å². The quantitative estimate of drug-likeness (QED) is 0.502. The van der Waals surface area contributed by atoms with E-state index in [2.05, 4.69) is 4.98 Å². The molecule has 148 valence electrons. The number of halogens is 1. The van der Waals surface area contributed by atoms with E-state index < -0.39 is 6.10 Å². The maximum absolute atomic E-state index is 13.1. The summed E-state index contributed by atoms with van der Waals surface area (Å²) in [6.07, 6.45) is 1.53. The molecule has 2 aromatic carbocycles. The lowest BCUT2D eigenvalue weighted by atomic mass is 10.1. The van der Waals surface area contributed by atoms with Gasteiger partial charge in [-0.2, -0.15) is 0 Å². The van der Waals surface area contributed by atoms with Crippen molar-refractivity contribution in [1.82, 2.24) is 9.55 Å². The number of rotatable bonds is 5. The second-order valence-electron chi connectivity index (χ2n) is 6.80. The van der Waals surface area contributed by atoms with Crippen LogP contribution in [0.15, 0.2) is 59.7 Å². The fourth-order valence-corrected chi connectivity index (χ4v) is 4.39. The molecule has 1 N–H and O–H groups in total. The number of benzene rings is 2. The topological polar surface area (TPSA) is 64.4 Å². The summed E-state index contributed by atoms with van der Waals surface area (Å²) in [7, 11) is 1.58. The van der Waals surface area contributed by atoms with Crippen LogP contribution in [-0.4, -0.2) is 27.9 Å². The summed E-state index contributed by atoms with van der Waals surface area (Å²) in [5.74, 6) is 0.628. The van der Waals surface area contributed by atoms with Crippen molar-refractivity contribution >= 4 is 33.2 Å². The minimum absolute atomic E-state index is 0.134. The number of hydrogen-bond donors (Lipinski definition) is 1. The molecule has 0 aliphatic rings. The largest absolute Gasteiger partial charge is 0.496 e. The van der Waals surface area contributed by atoms with Crippen LogP contribution in [0.25, 0.3) is 26.3 Å². The lowest BCUT2D eigenvalue weighted by Crippen LogP contribution is -2.18. The van der Waals surface area contributed by atoms with E-state index in [0.29, 0.717) is 33.1 Å². The Morgan fingerprint density at radius 2 is 1.97 bits per heavy atom. The summed E-state index contributed by atoms with van der Waals surface area (Å²) >= 11 is 7.38. The zero-order valence-corrected chi connectivity index (χ0v) is 17.5. The van der Waals surface area contributed by atoms with Gasteiger partial charge in [0.25, 0.3) is 5.56 Å². The van der Waals surface area contributed by atoms with Crippen molar-refractivity contribution in [3.8, 4) is 21.9 Å². The molecule has 29 heavy (non-hydrogen) atoms. The van der Waals surface area contributed by atoms with E-state index in [-0.39, 0.29) is 5.56 Å². The van der Waals surface area contributed by atoms with E-state index in [0.717, 1.165) is 16.0 Å². The fourth-order valence-electron chi connectivity index (χ4n) is 3.22. The third-order valence-electron chi connectivity index (χ3n) is 4.63. The molecular weight excluding hydrogens is 408 g/mol. The SMILES string of the molecule is COc1cc(-n2cnc3cc(-c4ccc(Cl)cc4)sc3c2=O)ccc1CC(C)O. The van der Waals surface area contributed by atoms with Crippen LogP contribution < -0.4 is 10.3 Å². The molecule has 4 rings (SSSR count). The smallest absolute Gasteiger partial charge is 0.275 e. The minimum atomic E-state index is -0.479. The lowest BCUT2D eigenvalue weighted by Gasteiger charge is -2.13. The average Bonchev–Trinajstić information content (AvgIpc) is 3.14. The second-order valence-corrected chi connectivity index (χ2v) is 8.29. The number of thiophene rings is 1. The van der Waals surface area contributed by atoms with Crippen LogP contribution in [0.1, 0.15) is 12.5 Å². The number of aromatic nitrogens is 2. The van der Waals surface area contributed by atoms with E-state index in [4.69, 9.17) is 16.3 Å². The predicted octanol–water partition coefficient (Wildman–Crippen LogP) is 4.70. The maximum Gasteiger partial charge on any atom is 0.275 e. The van der Waals surface area contributed by atoms with Crippen molar-refractivity contribution in [1.29, 1.82) is 0 Å². The maximum atomic E-state index is 13.1. The molecule has 0 bridgehead atoms. The van der Waals surface area contributed by atoms with Gasteiger partial charge in [-0.15, -0.1) is 11.3 Å². The molecule has 2 heterocycles. The molecule has 1 atom stereocenters. The molecule has 0 amide bonds. The van der Waals surface area contributed by atoms with E-state index >= 15 is 0 Å². The highest BCUT2D eigenvalue weighted by Gasteiger charge is 2.13. The predicted molar refractivity (Wildman–Crippen MR) is 118 cm³/mol. The highest BCUT2D eigenvalue weighted by atomic mass is 35.5. The normalized spacial score (nSPS) is 12.3. The van der Waals surface area contributed by atoms with Gasteiger partial charge in [-0.25, -0.2) is 4.98 Å². The standard InChI is InChI=1S/C22H19ClN2O3S/c1-13(26)9-15-5-8-17(10-19(15)28-2)25-12-24-18-11-20(29-21(18)22(25)27)14-3-6-16(23)7-4-14/h3-8,10-13,26H,9H2,1-2H3. The van der Waals surface area contributed by atoms with Crippen LogP contribution in [0.3, 0.4) is 0 Å². The first-order chi connectivity index (χ1) is 14.0. The van der Waals surface area contributed by atoms with Crippen molar-refractivity contribution in [3.63, 3.8) is 0 Å². The molecule has 0 radical (unpaired) electrons. The van der Waals surface area contributed by atoms with Gasteiger partial charge in [0.2, 0.25) is 0 Å². The molecule has 0 aliphatic heterocycles. The monoisotopic (exact) mass is 426 g/mol. The minimum Gasteiger partial charge on any atom is -0.496 e. The Balaban J connectivity index is 1.78. The van der Waals surface area contributed by atoms with Gasteiger partial charge in [0.1, 0.15) is 16.8 Å². The highest BCUT2D eigenvalue weighted by molar-refractivity contribution is 7.22. The van der Waals surface area contributed by atoms with Crippen LogP contribution in [0.5, 0.6) is 5.75 Å². The number of nitrogens with zero attached hydrogens (tertiary/aromatic N) is 2. The van der Waals surface area contributed by atoms with Gasteiger partial charge in [-0.05, 0) is 42.3 Å². The average molecular weight is 427 g/mol. The van der Waals surface area contributed by atoms with E-state index in [1.807, 2.05) is 42.5 Å². The molecule has 0 aliphatic carbocycles. The zero-order valence-electron chi connectivity index (χ0n) is 15.9. The number of ether oxygens (including phenoxy) is 1. The van der Waals surface area contributed by atoms with Crippen molar-refractivity contribution in [2.45, 2.75) is 19.4 Å². The second kappa shape index (κ2) is 7.99. The molecule has 4 aromatic rings. The molecule has 0 saturated heterocycles. The third kappa shape index (κ3) is 3.92. The molecule has 0 fully saturated rings. The van der Waals surface area contributed by atoms with Crippen LogP contribution in [0.2, 0.25) is 5.02 Å². The van der Waals surface area contributed by atoms with Crippen molar-refractivity contribution in [2.75, 3.05) is 7.11 Å². The molecule has 2 aromatic heterocycles. The number of fused-ring (bicyclic) bond motifs is 1. The summed E-state index contributed by atoms with van der Waals surface area (Å²) < 4.78 is 7.55. The van der Waals surface area contributed by atoms with Crippen molar-refractivity contribution < 1.29 is 9.84 Å². The van der Waals surface area contributed by atoms with Crippen molar-refractivity contribution in [3.05, 3.63) is 75.8 Å². The molecule has 7 heteroatoms. The number of hydrogen-bond acceptors (Lipinski definition) is 5. The summed E-state index contributed by atoms with van der Waals surface area (Å²) in [4.78, 5) is 18.6. The van der Waals surface area contributed by atoms with Crippen LogP contribution in [-0.2, 0) is 6.42 Å². The number of methoxy groups -OCH3 is 1. The summed E-state index contributed by atoms with van der Waals surface area (Å²) in [6, 6.07) is 14.9. The first kappa shape index (κ1) is 19.6. The fraction of sp³-hybridized carbons (Fsp3) is 0.182. The Bertz CT molecular complexity index is 1230. The van der Waals surface area contributed by atoms with Gasteiger partial charge in [0.05, 0.1) is 24.4 Å². The Hall–Kier alpha value is -2.67. The van der Waals surface area contributed by atoms with Crippen LogP contribution in [0, 0.1) is 0 Å². The molecule has 1 unspecified atom stereocenters. The third-order valence-corrected chi connectivity index (χ3v) is 6.04. The summed E-state index contributed by atoms with van der Waals surface area (Å²) in [5.41, 5.74) is 3.07. The lowest BCUT2D eigenvalue weighted by molar-refractivity contribution is 0.194. The van der Waals surface area contributed by atoms with Gasteiger partial charge in [-0.3, -0.25) is 9.36 Å². The summed E-state index contributed by atoms with van der Waals surface area (Å²) in [5, 5.41) is 10.3. The van der Waals surface area contributed by atoms with Gasteiger partial charge >= 0.3 is 0 Å². The Labute approximate surface area is 176 Å². The molecule has 0 spiro atoms. The Kier molecular flexibility index (Phi) is 5.41. The van der Waals surface area contributed by atoms with E-state index in [9.17, 15) is 9.90 Å². The van der Waals surface area contributed by atoms with Gasteiger partial charge < -0.3 is 9.84 Å². The Morgan fingerprint density at radius 1 is 1.21 bits per heavy atom. The zero-order chi connectivity index (χ0) is 20.5.